The summed E-state index contributed by atoms with van der Waals surface area (Å²) < 4.78 is 5.44. The number of para-hydroxylation sites is 1. The van der Waals surface area contributed by atoms with Crippen LogP contribution in [0, 0.1) is 5.41 Å². The lowest BCUT2D eigenvalue weighted by atomic mass is 9.85. The molecule has 2 N–H and O–H groups in total. The highest BCUT2D eigenvalue weighted by Crippen LogP contribution is 2.39. The molecule has 1 spiro atoms. The van der Waals surface area contributed by atoms with Crippen LogP contribution in [0.2, 0.25) is 0 Å². The van der Waals surface area contributed by atoms with Crippen LogP contribution < -0.4 is 15.5 Å². The maximum absolute atomic E-state index is 12.3. The fraction of sp³-hybridized carbons (Fsp3) is 0.345. The lowest BCUT2D eigenvalue weighted by Gasteiger charge is -2.37. The van der Waals surface area contributed by atoms with Crippen LogP contribution in [0.4, 0.5) is 11.6 Å². The van der Waals surface area contributed by atoms with E-state index in [9.17, 15) is 4.79 Å². The number of amides is 1. The lowest BCUT2D eigenvalue weighted by Crippen LogP contribution is -2.44. The third-order valence-corrected chi connectivity index (χ3v) is 7.68. The van der Waals surface area contributed by atoms with E-state index in [1.807, 2.05) is 24.4 Å². The molecule has 2 aliphatic heterocycles. The highest BCUT2D eigenvalue weighted by molar-refractivity contribution is 7.59. The highest BCUT2D eigenvalue weighted by atomic mass is 32.1. The van der Waals surface area contributed by atoms with Gasteiger partial charge in [0.2, 0.25) is 0 Å². The number of carbonyl (C=O) groups excluding carboxylic acids is 1. The molecule has 4 aromatic rings. The summed E-state index contributed by atoms with van der Waals surface area (Å²) >= 11 is 0. The van der Waals surface area contributed by atoms with Crippen molar-refractivity contribution in [3.63, 3.8) is 0 Å². The van der Waals surface area contributed by atoms with Crippen molar-refractivity contribution in [3.8, 4) is 11.3 Å². The standard InChI is InChI=1S/C29H31N7O2.H2S/c1-19(21-4-3-5-22-23(28(37)30-2)8-10-31-27(21)22)13-32-25-12-24(34-18-35-25)20-6-7-26(33-14-20)36-11-9-29(15-36)16-38-17-29;/h3-8,10,12,14,18-19H,9,11,13,15-17H2,1-2H3,(H,30,37)(H,32,34,35);1H2/t19-;/m1./s1. The molecule has 0 radical (unpaired) electrons. The summed E-state index contributed by atoms with van der Waals surface area (Å²) in [6.07, 6.45) is 6.32. The SMILES string of the molecule is CNC(=O)c1ccnc2c([C@H](C)CNc3cc(-c4ccc(N5CCC6(COC6)C5)nc4)ncn3)cccc12.S. The summed E-state index contributed by atoms with van der Waals surface area (Å²) in [7, 11) is 1.64. The smallest absolute Gasteiger partial charge is 0.251 e. The van der Waals surface area contributed by atoms with Gasteiger partial charge in [-0.2, -0.15) is 13.5 Å². The van der Waals surface area contributed by atoms with Crippen LogP contribution in [-0.4, -0.2) is 65.7 Å². The molecule has 2 fully saturated rings. The van der Waals surface area contributed by atoms with Gasteiger partial charge in [0.05, 0.1) is 30.0 Å². The van der Waals surface area contributed by atoms with Gasteiger partial charge in [0.25, 0.3) is 5.91 Å². The Kier molecular flexibility index (Phi) is 7.67. The van der Waals surface area contributed by atoms with Crippen molar-refractivity contribution in [1.29, 1.82) is 0 Å². The maximum atomic E-state index is 12.3. The van der Waals surface area contributed by atoms with Gasteiger partial charge in [0.15, 0.2) is 0 Å². The Morgan fingerprint density at radius 3 is 2.72 bits per heavy atom. The number of rotatable bonds is 7. The predicted octanol–water partition coefficient (Wildman–Crippen LogP) is 4.00. The average Bonchev–Trinajstić information content (AvgIpc) is 3.42. The molecule has 1 amide bonds. The first-order valence-electron chi connectivity index (χ1n) is 13.0. The Bertz CT molecular complexity index is 1480. The van der Waals surface area contributed by atoms with Crippen molar-refractivity contribution in [2.24, 2.45) is 5.41 Å². The fourth-order valence-electron chi connectivity index (χ4n) is 5.39. The van der Waals surface area contributed by atoms with E-state index in [4.69, 9.17) is 9.72 Å². The topological polar surface area (TPSA) is 105 Å². The zero-order valence-corrected chi connectivity index (χ0v) is 23.1. The van der Waals surface area contributed by atoms with E-state index in [-0.39, 0.29) is 25.3 Å². The van der Waals surface area contributed by atoms with Gasteiger partial charge in [-0.25, -0.2) is 15.0 Å². The minimum Gasteiger partial charge on any atom is -0.380 e. The fourth-order valence-corrected chi connectivity index (χ4v) is 5.39. The van der Waals surface area contributed by atoms with Crippen molar-refractivity contribution in [3.05, 3.63) is 72.3 Å². The molecule has 5 heterocycles. The number of anilines is 2. The first kappa shape index (κ1) is 26.8. The number of nitrogens with one attached hydrogen (secondary N) is 2. The summed E-state index contributed by atoms with van der Waals surface area (Å²) in [5.41, 5.74) is 4.65. The van der Waals surface area contributed by atoms with Gasteiger partial charge in [0.1, 0.15) is 18.0 Å². The number of carbonyl (C=O) groups is 1. The van der Waals surface area contributed by atoms with E-state index in [2.05, 4.69) is 55.6 Å². The molecule has 0 unspecified atom stereocenters. The first-order valence-corrected chi connectivity index (χ1v) is 13.0. The number of hydrogen-bond donors (Lipinski definition) is 2. The van der Waals surface area contributed by atoms with Crippen LogP contribution in [0.3, 0.4) is 0 Å². The minimum atomic E-state index is -0.117. The van der Waals surface area contributed by atoms with Crippen molar-refractivity contribution < 1.29 is 9.53 Å². The third-order valence-electron chi connectivity index (χ3n) is 7.68. The second-order valence-electron chi connectivity index (χ2n) is 10.3. The maximum Gasteiger partial charge on any atom is 0.251 e. The van der Waals surface area contributed by atoms with Crippen molar-refractivity contribution in [2.75, 3.05) is 50.1 Å². The van der Waals surface area contributed by atoms with Crippen molar-refractivity contribution in [2.45, 2.75) is 19.3 Å². The molecule has 0 bridgehead atoms. The Morgan fingerprint density at radius 1 is 1.13 bits per heavy atom. The molecule has 0 saturated carbocycles. The molecule has 2 saturated heterocycles. The van der Waals surface area contributed by atoms with Gasteiger partial charge in [0, 0.05) is 67.4 Å². The Hall–Kier alpha value is -3.76. The van der Waals surface area contributed by atoms with E-state index in [0.717, 1.165) is 65.7 Å². The van der Waals surface area contributed by atoms with Gasteiger partial charge in [-0.3, -0.25) is 9.78 Å². The van der Waals surface area contributed by atoms with E-state index in [1.54, 1.807) is 25.6 Å². The monoisotopic (exact) mass is 543 g/mol. The van der Waals surface area contributed by atoms with Crippen LogP contribution in [0.15, 0.2) is 61.2 Å². The molecule has 202 valence electrons. The zero-order valence-electron chi connectivity index (χ0n) is 22.1. The summed E-state index contributed by atoms with van der Waals surface area (Å²) in [4.78, 5) is 32.9. The van der Waals surface area contributed by atoms with Gasteiger partial charge < -0.3 is 20.3 Å². The molecule has 10 heteroatoms. The van der Waals surface area contributed by atoms with Crippen LogP contribution in [0.25, 0.3) is 22.2 Å². The molecule has 2 aliphatic rings. The Labute approximate surface area is 234 Å². The number of ether oxygens (including phenoxy) is 1. The molecule has 6 rings (SSSR count). The average molecular weight is 544 g/mol. The number of pyridine rings is 2. The van der Waals surface area contributed by atoms with E-state index in [1.165, 1.54) is 6.42 Å². The molecule has 1 atom stereocenters. The van der Waals surface area contributed by atoms with Gasteiger partial charge >= 0.3 is 0 Å². The van der Waals surface area contributed by atoms with E-state index < -0.39 is 0 Å². The van der Waals surface area contributed by atoms with Crippen LogP contribution in [0.1, 0.15) is 35.2 Å². The largest absolute Gasteiger partial charge is 0.380 e. The zero-order chi connectivity index (χ0) is 26.1. The number of hydrogen-bond acceptors (Lipinski definition) is 8. The number of nitrogens with zero attached hydrogens (tertiary/aromatic N) is 5. The van der Waals surface area contributed by atoms with E-state index in [0.29, 0.717) is 17.5 Å². The predicted molar refractivity (Wildman–Crippen MR) is 158 cm³/mol. The Balaban J connectivity index is 0.00000308. The van der Waals surface area contributed by atoms with Crippen molar-refractivity contribution in [1.82, 2.24) is 25.3 Å². The second-order valence-corrected chi connectivity index (χ2v) is 10.3. The summed E-state index contributed by atoms with van der Waals surface area (Å²) in [6, 6.07) is 13.8. The molecule has 39 heavy (non-hydrogen) atoms. The van der Waals surface area contributed by atoms with Crippen molar-refractivity contribution >= 4 is 41.9 Å². The molecule has 0 aliphatic carbocycles. The first-order chi connectivity index (χ1) is 18.5. The minimum absolute atomic E-state index is 0. The second kappa shape index (κ2) is 11.2. The molecule has 9 nitrogen and oxygen atoms in total. The summed E-state index contributed by atoms with van der Waals surface area (Å²) in [5, 5.41) is 7.00. The molecular formula is C29H33N7O2S. The van der Waals surface area contributed by atoms with Crippen LogP contribution >= 0.6 is 13.5 Å². The normalized spacial score (nSPS) is 16.4. The molecule has 1 aromatic carbocycles. The third kappa shape index (κ3) is 5.26. The van der Waals surface area contributed by atoms with Gasteiger partial charge in [-0.05, 0) is 30.2 Å². The quantitative estimate of drug-likeness (QED) is 0.360. The summed E-state index contributed by atoms with van der Waals surface area (Å²) in [5.74, 6) is 1.77. The highest BCUT2D eigenvalue weighted by Gasteiger charge is 2.44. The van der Waals surface area contributed by atoms with Gasteiger partial charge in [-0.15, -0.1) is 0 Å². The summed E-state index contributed by atoms with van der Waals surface area (Å²) in [6.45, 7) is 6.56. The number of aromatic nitrogens is 4. The van der Waals surface area contributed by atoms with Crippen LogP contribution in [-0.2, 0) is 4.74 Å². The van der Waals surface area contributed by atoms with E-state index >= 15 is 0 Å². The number of fused-ring (bicyclic) bond motifs is 1. The van der Waals surface area contributed by atoms with Gasteiger partial charge in [-0.1, -0.05) is 25.1 Å². The Morgan fingerprint density at radius 2 is 2.00 bits per heavy atom. The molecule has 3 aromatic heterocycles. The lowest BCUT2D eigenvalue weighted by molar-refractivity contribution is -0.0985. The molecular weight excluding hydrogens is 510 g/mol. The number of benzene rings is 1. The van der Waals surface area contributed by atoms with Crippen LogP contribution in [0.5, 0.6) is 0 Å².